The Morgan fingerprint density at radius 3 is 1.21 bits per heavy atom. The van der Waals surface area contributed by atoms with Crippen LogP contribution in [0.5, 0.6) is 0 Å². The molecule has 0 saturated carbocycles. The average Bonchev–Trinajstić information content (AvgIpc) is 2.04. The van der Waals surface area contributed by atoms with E-state index in [1.54, 1.807) is 34.6 Å². The minimum Gasteiger partial charge on any atom is -0.481 e. The Hall–Kier alpha value is -0.610. The van der Waals surface area contributed by atoms with E-state index in [9.17, 15) is 4.79 Å². The van der Waals surface area contributed by atoms with Gasteiger partial charge in [0.2, 0.25) is 0 Å². The Morgan fingerprint density at radius 2 is 1.21 bits per heavy atom. The maximum atomic E-state index is 10.0. The number of carboxylic acid groups (broad SMARTS) is 1. The van der Waals surface area contributed by atoms with Crippen molar-refractivity contribution in [2.75, 3.05) is 13.2 Å². The first-order chi connectivity index (χ1) is 6.06. The van der Waals surface area contributed by atoms with Crippen molar-refractivity contribution in [2.45, 2.75) is 34.6 Å². The Kier molecular flexibility index (Phi) is 6.77. The van der Waals surface area contributed by atoms with Crippen LogP contribution in [0.15, 0.2) is 0 Å². The van der Waals surface area contributed by atoms with Crippen LogP contribution in [-0.2, 0) is 4.79 Å². The highest BCUT2D eigenvalue weighted by atomic mass is 16.4. The Morgan fingerprint density at radius 1 is 1.00 bits per heavy atom. The van der Waals surface area contributed by atoms with Crippen LogP contribution in [0.1, 0.15) is 34.6 Å². The highest BCUT2D eigenvalue weighted by Gasteiger charge is 2.18. The smallest absolute Gasteiger partial charge is 0.308 e. The van der Waals surface area contributed by atoms with Crippen LogP contribution < -0.4 is 0 Å². The van der Waals surface area contributed by atoms with E-state index in [4.69, 9.17) is 15.3 Å². The van der Waals surface area contributed by atoms with Crippen LogP contribution in [0.2, 0.25) is 0 Å². The van der Waals surface area contributed by atoms with Crippen LogP contribution in [0.4, 0.5) is 0 Å². The molecule has 0 rings (SSSR count). The molecule has 0 aliphatic carbocycles. The number of hydrogen-bond donors (Lipinski definition) is 3. The summed E-state index contributed by atoms with van der Waals surface area (Å²) in [5, 5.41) is 25.1. The number of hydrogen-bond acceptors (Lipinski definition) is 3. The standard InChI is InChI=1S/C5H10O2.C5H12O2/c1-5(2,3)4(6)7;1-5(2,3-6)4-7/h1-3H3,(H,6,7);6-7H,3-4H2,1-2H3. The molecular weight excluding hydrogens is 184 g/mol. The summed E-state index contributed by atoms with van der Waals surface area (Å²) in [7, 11) is 0. The molecule has 4 nitrogen and oxygen atoms in total. The van der Waals surface area contributed by atoms with Gasteiger partial charge in [0, 0.05) is 5.41 Å². The van der Waals surface area contributed by atoms with Crippen molar-refractivity contribution in [3.8, 4) is 0 Å². The second kappa shape index (κ2) is 5.98. The lowest BCUT2D eigenvalue weighted by Gasteiger charge is -2.16. The van der Waals surface area contributed by atoms with E-state index >= 15 is 0 Å². The molecule has 86 valence electrons. The van der Waals surface area contributed by atoms with Gasteiger partial charge in [0.1, 0.15) is 0 Å². The van der Waals surface area contributed by atoms with E-state index in [1.165, 1.54) is 0 Å². The molecule has 0 amide bonds. The molecule has 0 aliphatic heterocycles. The van der Waals surface area contributed by atoms with Gasteiger partial charge < -0.3 is 15.3 Å². The molecule has 0 aromatic rings. The van der Waals surface area contributed by atoms with E-state index in [0.29, 0.717) is 0 Å². The van der Waals surface area contributed by atoms with Crippen molar-refractivity contribution in [3.63, 3.8) is 0 Å². The van der Waals surface area contributed by atoms with Crippen molar-refractivity contribution in [2.24, 2.45) is 10.8 Å². The van der Waals surface area contributed by atoms with Crippen LogP contribution in [0.3, 0.4) is 0 Å². The fourth-order valence-corrected chi connectivity index (χ4v) is 0.0500. The summed E-state index contributed by atoms with van der Waals surface area (Å²) in [5.74, 6) is -0.757. The summed E-state index contributed by atoms with van der Waals surface area (Å²) in [4.78, 5) is 10.0. The number of aliphatic hydroxyl groups excluding tert-OH is 2. The maximum absolute atomic E-state index is 10.0. The van der Waals surface area contributed by atoms with Crippen molar-refractivity contribution < 1.29 is 20.1 Å². The molecule has 14 heavy (non-hydrogen) atoms. The van der Waals surface area contributed by atoms with Crippen LogP contribution in [-0.4, -0.2) is 34.5 Å². The normalized spacial score (nSPS) is 11.6. The quantitative estimate of drug-likeness (QED) is 0.632. The summed E-state index contributed by atoms with van der Waals surface area (Å²) in [6, 6.07) is 0. The van der Waals surface area contributed by atoms with Crippen molar-refractivity contribution in [1.82, 2.24) is 0 Å². The van der Waals surface area contributed by atoms with Crippen LogP contribution >= 0.6 is 0 Å². The van der Waals surface area contributed by atoms with E-state index in [1.807, 2.05) is 0 Å². The summed E-state index contributed by atoms with van der Waals surface area (Å²) in [5.41, 5.74) is -0.889. The molecule has 0 aliphatic rings. The van der Waals surface area contributed by atoms with E-state index in [-0.39, 0.29) is 18.6 Å². The van der Waals surface area contributed by atoms with E-state index in [2.05, 4.69) is 0 Å². The first kappa shape index (κ1) is 15.8. The molecule has 0 saturated heterocycles. The predicted octanol–water partition coefficient (Wildman–Crippen LogP) is 1.11. The molecule has 0 fully saturated rings. The summed E-state index contributed by atoms with van der Waals surface area (Å²) >= 11 is 0. The summed E-state index contributed by atoms with van der Waals surface area (Å²) in [6.45, 7) is 8.67. The van der Waals surface area contributed by atoms with Gasteiger partial charge in [0.25, 0.3) is 0 Å². The Balaban J connectivity index is 0. The molecule has 4 heteroatoms. The SMILES string of the molecule is CC(C)(C)C(=O)O.CC(C)(CO)CO. The van der Waals surface area contributed by atoms with Crippen molar-refractivity contribution in [3.05, 3.63) is 0 Å². The van der Waals surface area contributed by atoms with Crippen LogP contribution in [0, 0.1) is 10.8 Å². The fourth-order valence-electron chi connectivity index (χ4n) is 0.0500. The predicted molar refractivity (Wildman–Crippen MR) is 55.0 cm³/mol. The molecular formula is C10H22O4. The molecule has 0 bridgehead atoms. The van der Waals surface area contributed by atoms with Gasteiger partial charge in [0.15, 0.2) is 0 Å². The fraction of sp³-hybridized carbons (Fsp3) is 0.900. The number of aliphatic hydroxyl groups is 2. The topological polar surface area (TPSA) is 77.8 Å². The molecule has 0 radical (unpaired) electrons. The number of aliphatic carboxylic acids is 1. The first-order valence-corrected chi connectivity index (χ1v) is 4.52. The molecule has 0 aromatic heterocycles. The average molecular weight is 206 g/mol. The summed E-state index contributed by atoms with van der Waals surface area (Å²) in [6.07, 6.45) is 0. The third kappa shape index (κ3) is 9.48. The lowest BCUT2D eigenvalue weighted by molar-refractivity contribution is -0.145. The summed E-state index contributed by atoms with van der Waals surface area (Å²) < 4.78 is 0. The van der Waals surface area contributed by atoms with Gasteiger partial charge >= 0.3 is 5.97 Å². The zero-order valence-corrected chi connectivity index (χ0v) is 9.66. The monoisotopic (exact) mass is 206 g/mol. The minimum absolute atomic E-state index is 0.0451. The van der Waals surface area contributed by atoms with Crippen molar-refractivity contribution >= 4 is 5.97 Å². The third-order valence-corrected chi connectivity index (χ3v) is 1.50. The number of rotatable bonds is 2. The largest absolute Gasteiger partial charge is 0.481 e. The lowest BCUT2D eigenvalue weighted by atomic mass is 9.97. The molecule has 3 N–H and O–H groups in total. The second-order valence-electron chi connectivity index (χ2n) is 5.04. The number of carboxylic acids is 1. The van der Waals surface area contributed by atoms with Gasteiger partial charge in [-0.1, -0.05) is 13.8 Å². The zero-order valence-electron chi connectivity index (χ0n) is 9.66. The van der Waals surface area contributed by atoms with Gasteiger partial charge in [-0.3, -0.25) is 4.79 Å². The van der Waals surface area contributed by atoms with Gasteiger partial charge in [0.05, 0.1) is 18.6 Å². The molecule has 0 unspecified atom stereocenters. The maximum Gasteiger partial charge on any atom is 0.308 e. The van der Waals surface area contributed by atoms with Crippen LogP contribution in [0.25, 0.3) is 0 Å². The van der Waals surface area contributed by atoms with E-state index in [0.717, 1.165) is 0 Å². The van der Waals surface area contributed by atoms with Crippen molar-refractivity contribution in [1.29, 1.82) is 0 Å². The van der Waals surface area contributed by atoms with Gasteiger partial charge in [-0.15, -0.1) is 0 Å². The second-order valence-corrected chi connectivity index (χ2v) is 5.04. The molecule has 0 aromatic carbocycles. The van der Waals surface area contributed by atoms with E-state index < -0.39 is 11.4 Å². The Labute approximate surface area is 85.6 Å². The third-order valence-electron chi connectivity index (χ3n) is 1.50. The van der Waals surface area contributed by atoms with Gasteiger partial charge in [-0.05, 0) is 20.8 Å². The number of carbonyl (C=O) groups is 1. The minimum atomic E-state index is -0.757. The Bertz CT molecular complexity index is 161. The van der Waals surface area contributed by atoms with Gasteiger partial charge in [-0.25, -0.2) is 0 Å². The first-order valence-electron chi connectivity index (χ1n) is 4.52. The zero-order chi connectivity index (χ0) is 12.0. The lowest BCUT2D eigenvalue weighted by Crippen LogP contribution is -2.20. The molecule has 0 atom stereocenters. The van der Waals surface area contributed by atoms with Gasteiger partial charge in [-0.2, -0.15) is 0 Å². The highest BCUT2D eigenvalue weighted by Crippen LogP contribution is 2.11. The highest BCUT2D eigenvalue weighted by molar-refractivity contribution is 5.72. The molecule has 0 heterocycles. The molecule has 0 spiro atoms.